The van der Waals surface area contributed by atoms with Gasteiger partial charge >= 0.3 is 0 Å². The lowest BCUT2D eigenvalue weighted by atomic mass is 10.0. The van der Waals surface area contributed by atoms with Crippen molar-refractivity contribution in [2.75, 3.05) is 26.2 Å². The molecule has 1 aliphatic heterocycles. The molecule has 6 nitrogen and oxygen atoms in total. The number of carbonyl (C=O) groups excluding carboxylic acids is 2. The number of primary amides is 1. The second-order valence-corrected chi connectivity index (χ2v) is 6.75. The molecule has 0 aromatic heterocycles. The molecular formula is C18H26N4O2. The molecular weight excluding hydrogens is 304 g/mol. The highest BCUT2D eigenvalue weighted by Gasteiger charge is 2.33. The van der Waals surface area contributed by atoms with Crippen LogP contribution in [-0.4, -0.2) is 59.9 Å². The lowest BCUT2D eigenvalue weighted by Crippen LogP contribution is -2.55. The molecule has 2 fully saturated rings. The molecule has 1 saturated carbocycles. The molecule has 1 aliphatic carbocycles. The summed E-state index contributed by atoms with van der Waals surface area (Å²) in [5.41, 5.74) is 6.57. The fraction of sp³-hybridized carbons (Fsp3) is 0.556. The summed E-state index contributed by atoms with van der Waals surface area (Å²) < 4.78 is 0. The van der Waals surface area contributed by atoms with Gasteiger partial charge in [0.25, 0.3) is 0 Å². The normalized spacial score (nSPS) is 21.9. The minimum Gasteiger partial charge on any atom is -0.368 e. The number of hydrogen-bond donors (Lipinski definition) is 2. The van der Waals surface area contributed by atoms with Gasteiger partial charge in [-0.3, -0.25) is 19.4 Å². The zero-order valence-corrected chi connectivity index (χ0v) is 14.1. The second kappa shape index (κ2) is 7.32. The van der Waals surface area contributed by atoms with Crippen LogP contribution in [0.5, 0.6) is 0 Å². The summed E-state index contributed by atoms with van der Waals surface area (Å²) in [6.07, 6.45) is 2.20. The van der Waals surface area contributed by atoms with Crippen LogP contribution in [0.2, 0.25) is 0 Å². The van der Waals surface area contributed by atoms with E-state index in [1.54, 1.807) is 0 Å². The molecule has 3 N–H and O–H groups in total. The number of hydrogen-bond acceptors (Lipinski definition) is 4. The minimum atomic E-state index is -0.399. The van der Waals surface area contributed by atoms with Crippen molar-refractivity contribution in [2.45, 2.75) is 37.9 Å². The molecule has 1 aromatic carbocycles. The number of nitrogens with one attached hydrogen (secondary N) is 1. The molecule has 1 heterocycles. The van der Waals surface area contributed by atoms with Gasteiger partial charge in [-0.2, -0.15) is 0 Å². The van der Waals surface area contributed by atoms with Crippen LogP contribution in [0, 0.1) is 0 Å². The number of carbonyl (C=O) groups is 2. The molecule has 130 valence electrons. The highest BCUT2D eigenvalue weighted by atomic mass is 16.2. The van der Waals surface area contributed by atoms with Crippen molar-refractivity contribution in [3.8, 4) is 0 Å². The molecule has 24 heavy (non-hydrogen) atoms. The van der Waals surface area contributed by atoms with Gasteiger partial charge in [0.2, 0.25) is 11.8 Å². The number of benzene rings is 1. The first-order chi connectivity index (χ1) is 11.6. The number of nitrogens with zero attached hydrogens (tertiary/aromatic N) is 2. The van der Waals surface area contributed by atoms with Crippen molar-refractivity contribution < 1.29 is 9.59 Å². The highest BCUT2D eigenvalue weighted by molar-refractivity contribution is 5.82. The zero-order chi connectivity index (χ0) is 17.1. The molecule has 3 rings (SSSR count). The van der Waals surface area contributed by atoms with E-state index in [1.165, 1.54) is 0 Å². The number of piperazine rings is 1. The Bertz CT molecular complexity index is 580. The van der Waals surface area contributed by atoms with Crippen molar-refractivity contribution in [3.63, 3.8) is 0 Å². The van der Waals surface area contributed by atoms with Crippen molar-refractivity contribution in [2.24, 2.45) is 5.73 Å². The summed E-state index contributed by atoms with van der Waals surface area (Å²) in [5.74, 6) is -0.213. The van der Waals surface area contributed by atoms with Crippen LogP contribution in [0.15, 0.2) is 30.3 Å². The van der Waals surface area contributed by atoms with E-state index in [0.29, 0.717) is 6.04 Å². The first-order valence-corrected chi connectivity index (χ1v) is 8.69. The SMILES string of the molecule is C[C@@H](C(=O)NC1CC1)N1CCN([C@H](C(N)=O)c2ccccc2)CC1. The molecule has 1 aromatic rings. The van der Waals surface area contributed by atoms with Crippen molar-refractivity contribution in [3.05, 3.63) is 35.9 Å². The molecule has 0 spiro atoms. The highest BCUT2D eigenvalue weighted by Crippen LogP contribution is 2.23. The number of amides is 2. The van der Waals surface area contributed by atoms with Gasteiger partial charge in [0.15, 0.2) is 0 Å². The predicted molar refractivity (Wildman–Crippen MR) is 92.2 cm³/mol. The van der Waals surface area contributed by atoms with E-state index < -0.39 is 6.04 Å². The van der Waals surface area contributed by atoms with E-state index in [2.05, 4.69) is 15.1 Å². The monoisotopic (exact) mass is 330 g/mol. The molecule has 2 aliphatic rings. The maximum absolute atomic E-state index is 12.2. The van der Waals surface area contributed by atoms with Gasteiger partial charge in [-0.15, -0.1) is 0 Å². The van der Waals surface area contributed by atoms with Gasteiger partial charge in [0.1, 0.15) is 6.04 Å². The van der Waals surface area contributed by atoms with Crippen LogP contribution < -0.4 is 11.1 Å². The Morgan fingerprint density at radius 1 is 1.08 bits per heavy atom. The van der Waals surface area contributed by atoms with Crippen LogP contribution in [0.3, 0.4) is 0 Å². The Morgan fingerprint density at radius 2 is 1.67 bits per heavy atom. The average molecular weight is 330 g/mol. The van der Waals surface area contributed by atoms with Crippen molar-refractivity contribution in [1.29, 1.82) is 0 Å². The first kappa shape index (κ1) is 16.9. The summed E-state index contributed by atoms with van der Waals surface area (Å²) >= 11 is 0. The standard InChI is InChI=1S/C18H26N4O2/c1-13(18(24)20-15-7-8-15)21-9-11-22(12-10-21)16(17(19)23)14-5-3-2-4-6-14/h2-6,13,15-16H,7-12H2,1H3,(H2,19,23)(H,20,24)/t13-,16-/m0/s1. The van der Waals surface area contributed by atoms with E-state index in [1.807, 2.05) is 37.3 Å². The third kappa shape index (κ3) is 3.94. The lowest BCUT2D eigenvalue weighted by Gasteiger charge is -2.40. The van der Waals surface area contributed by atoms with Gasteiger partial charge < -0.3 is 11.1 Å². The van der Waals surface area contributed by atoms with Crippen LogP contribution in [0.4, 0.5) is 0 Å². The van der Waals surface area contributed by atoms with Crippen LogP contribution in [-0.2, 0) is 9.59 Å². The largest absolute Gasteiger partial charge is 0.368 e. The molecule has 2 atom stereocenters. The van der Waals surface area contributed by atoms with E-state index >= 15 is 0 Å². The fourth-order valence-electron chi connectivity index (χ4n) is 3.29. The minimum absolute atomic E-state index is 0.112. The molecule has 0 unspecified atom stereocenters. The summed E-state index contributed by atoms with van der Waals surface area (Å²) in [7, 11) is 0. The Labute approximate surface area is 143 Å². The zero-order valence-electron chi connectivity index (χ0n) is 14.1. The fourth-order valence-corrected chi connectivity index (χ4v) is 3.29. The maximum Gasteiger partial charge on any atom is 0.239 e. The summed E-state index contributed by atoms with van der Waals surface area (Å²) in [5, 5.41) is 3.06. The van der Waals surface area contributed by atoms with Crippen molar-refractivity contribution >= 4 is 11.8 Å². The van der Waals surface area contributed by atoms with Crippen molar-refractivity contribution in [1.82, 2.24) is 15.1 Å². The summed E-state index contributed by atoms with van der Waals surface area (Å²) in [4.78, 5) is 28.4. The Morgan fingerprint density at radius 3 is 2.21 bits per heavy atom. The molecule has 0 radical (unpaired) electrons. The van der Waals surface area contributed by atoms with Crippen LogP contribution >= 0.6 is 0 Å². The second-order valence-electron chi connectivity index (χ2n) is 6.75. The Hall–Kier alpha value is -1.92. The predicted octanol–water partition coefficient (Wildman–Crippen LogP) is 0.498. The van der Waals surface area contributed by atoms with Gasteiger partial charge in [0, 0.05) is 32.2 Å². The third-order valence-corrected chi connectivity index (χ3v) is 4.95. The average Bonchev–Trinajstić information content (AvgIpc) is 3.39. The van der Waals surface area contributed by atoms with Gasteiger partial charge in [0.05, 0.1) is 6.04 Å². The van der Waals surface area contributed by atoms with E-state index in [4.69, 9.17) is 5.73 Å². The van der Waals surface area contributed by atoms with Crippen LogP contribution in [0.1, 0.15) is 31.4 Å². The first-order valence-electron chi connectivity index (χ1n) is 8.69. The maximum atomic E-state index is 12.2. The number of nitrogens with two attached hydrogens (primary N) is 1. The van der Waals surface area contributed by atoms with Gasteiger partial charge in [-0.05, 0) is 25.3 Å². The number of rotatable bonds is 6. The molecule has 2 amide bonds. The van der Waals surface area contributed by atoms with E-state index in [9.17, 15) is 9.59 Å². The summed E-state index contributed by atoms with van der Waals surface area (Å²) in [6.45, 7) is 4.93. The van der Waals surface area contributed by atoms with Gasteiger partial charge in [-0.1, -0.05) is 30.3 Å². The quantitative estimate of drug-likeness (QED) is 0.796. The summed E-state index contributed by atoms with van der Waals surface area (Å²) in [6, 6.07) is 9.51. The smallest absolute Gasteiger partial charge is 0.239 e. The molecule has 1 saturated heterocycles. The van der Waals surface area contributed by atoms with E-state index in [0.717, 1.165) is 44.6 Å². The Balaban J connectivity index is 1.58. The van der Waals surface area contributed by atoms with Gasteiger partial charge in [-0.25, -0.2) is 0 Å². The topological polar surface area (TPSA) is 78.7 Å². The van der Waals surface area contributed by atoms with E-state index in [-0.39, 0.29) is 17.9 Å². The lowest BCUT2D eigenvalue weighted by molar-refractivity contribution is -0.129. The molecule has 6 heteroatoms. The van der Waals surface area contributed by atoms with Crippen LogP contribution in [0.25, 0.3) is 0 Å². The Kier molecular flexibility index (Phi) is 5.16. The third-order valence-electron chi connectivity index (χ3n) is 4.95. The molecule has 0 bridgehead atoms.